The molecule has 4 aromatic rings. The lowest BCUT2D eigenvalue weighted by atomic mass is 10.0. The average Bonchev–Trinajstić information content (AvgIpc) is 3.77. The molecule has 7 rings (SSSR count). The second-order valence-corrected chi connectivity index (χ2v) is 16.6. The van der Waals surface area contributed by atoms with E-state index in [2.05, 4.69) is 81.9 Å². The highest BCUT2D eigenvalue weighted by atomic mass is 79.9. The summed E-state index contributed by atoms with van der Waals surface area (Å²) in [6.45, 7) is 10.1. The minimum absolute atomic E-state index is 0.267. The first-order chi connectivity index (χ1) is 24.5. The number of amides is 1. The van der Waals surface area contributed by atoms with Crippen molar-refractivity contribution < 1.29 is 18.3 Å². The number of carbonyl (C=O) groups is 1. The normalized spacial score (nSPS) is 19.7. The molecule has 0 spiro atoms. The van der Waals surface area contributed by atoms with Crippen molar-refractivity contribution in [2.24, 2.45) is 5.92 Å². The fraction of sp³-hybridized carbons (Fsp3) is 0.457. The third kappa shape index (κ3) is 7.72. The smallest absolute Gasteiger partial charge is 0.260 e. The lowest BCUT2D eigenvalue weighted by Gasteiger charge is -2.43. The topological polar surface area (TPSA) is 124 Å². The maximum Gasteiger partial charge on any atom is 0.260 e. The molecule has 0 bridgehead atoms. The van der Waals surface area contributed by atoms with Crippen LogP contribution in [0, 0.1) is 5.92 Å². The van der Waals surface area contributed by atoms with Gasteiger partial charge in [0, 0.05) is 87.4 Å². The van der Waals surface area contributed by atoms with Crippen molar-refractivity contribution in [2.45, 2.75) is 31.2 Å². The van der Waals surface area contributed by atoms with Crippen LogP contribution in [-0.2, 0) is 4.79 Å². The molecule has 12 nitrogen and oxygen atoms in total. The fourth-order valence-electron chi connectivity index (χ4n) is 6.91. The number of nitrogens with zero attached hydrogens (tertiary/aromatic N) is 7. The molecule has 2 aromatic carbocycles. The summed E-state index contributed by atoms with van der Waals surface area (Å²) in [6, 6.07) is 7.96. The van der Waals surface area contributed by atoms with Gasteiger partial charge >= 0.3 is 0 Å². The number of methoxy groups -OCH3 is 1. The number of ether oxygens (including phenoxy) is 1. The highest BCUT2D eigenvalue weighted by molar-refractivity contribution is 9.10. The van der Waals surface area contributed by atoms with Gasteiger partial charge in [-0.2, -0.15) is 4.98 Å². The molecule has 0 radical (unpaired) electrons. The van der Waals surface area contributed by atoms with Crippen molar-refractivity contribution in [1.29, 1.82) is 0 Å². The number of fused-ring (bicyclic) bond motifs is 1. The van der Waals surface area contributed by atoms with Crippen LogP contribution in [0.4, 0.5) is 43.3 Å². The predicted molar refractivity (Wildman–Crippen MR) is 203 cm³/mol. The molecule has 2 saturated heterocycles. The Morgan fingerprint density at radius 3 is 2.39 bits per heavy atom. The van der Waals surface area contributed by atoms with Crippen molar-refractivity contribution >= 4 is 80.6 Å². The van der Waals surface area contributed by atoms with Gasteiger partial charge in [0.05, 0.1) is 39.7 Å². The zero-order valence-electron chi connectivity index (χ0n) is 29.1. The third-order valence-electron chi connectivity index (χ3n) is 9.88. The Balaban J connectivity index is 1.16. The second kappa shape index (κ2) is 14.7. The van der Waals surface area contributed by atoms with Crippen molar-refractivity contribution in [3.63, 3.8) is 0 Å². The molecule has 1 saturated carbocycles. The summed E-state index contributed by atoms with van der Waals surface area (Å²) in [4.78, 5) is 38.5. The van der Waals surface area contributed by atoms with Crippen LogP contribution in [0.5, 0.6) is 5.75 Å². The Morgan fingerprint density at radius 1 is 0.980 bits per heavy atom. The van der Waals surface area contributed by atoms with Crippen LogP contribution < -0.4 is 30.9 Å². The number of alkyl halides is 2. The summed E-state index contributed by atoms with van der Waals surface area (Å²) >= 11 is 3.58. The quantitative estimate of drug-likeness (QED) is 0.168. The standard InChI is InChI=1S/C35H42BrF2N10O2P/c1-46-13-15-47(16-14-46)21-7-11-48(12-8-21)28-18-29(50-2)27(17-26(28)43-33(49)22-19-35(22,37)38)44-34-41-20-23(36)32(45-34)42-25-6-5-24-30(31(25)51(3)4)40-10-9-39-24/h5-6,9-10,17-18,20-22H,7-8,11-16,19H2,1-4H3,(H,43,49)(H2,41,42,44,45). The number of anilines is 6. The molecule has 2 aliphatic heterocycles. The molecular formula is C35H42BrF2N10O2P. The highest BCUT2D eigenvalue weighted by Gasteiger charge is 2.61. The van der Waals surface area contributed by atoms with Gasteiger partial charge in [0.2, 0.25) is 11.9 Å². The number of rotatable bonds is 10. The summed E-state index contributed by atoms with van der Waals surface area (Å²) < 4.78 is 34.4. The highest BCUT2D eigenvalue weighted by Crippen LogP contribution is 2.50. The van der Waals surface area contributed by atoms with Crippen LogP contribution in [0.25, 0.3) is 11.0 Å². The Morgan fingerprint density at radius 2 is 1.71 bits per heavy atom. The number of hydrogen-bond acceptors (Lipinski definition) is 11. The molecule has 1 amide bonds. The Bertz CT molecular complexity index is 1920. The Labute approximate surface area is 305 Å². The van der Waals surface area contributed by atoms with E-state index in [0.717, 1.165) is 79.8 Å². The summed E-state index contributed by atoms with van der Waals surface area (Å²) in [7, 11) is 3.17. The van der Waals surface area contributed by atoms with E-state index in [1.807, 2.05) is 18.2 Å². The van der Waals surface area contributed by atoms with Gasteiger partial charge in [-0.15, -0.1) is 0 Å². The molecule has 16 heteroatoms. The lowest BCUT2D eigenvalue weighted by Crippen LogP contribution is -2.52. The van der Waals surface area contributed by atoms with Crippen LogP contribution in [0.3, 0.4) is 0 Å². The Hall–Kier alpha value is -3.78. The van der Waals surface area contributed by atoms with Crippen LogP contribution in [0.2, 0.25) is 0 Å². The van der Waals surface area contributed by atoms with Gasteiger partial charge in [-0.05, 0) is 67.3 Å². The van der Waals surface area contributed by atoms with E-state index in [4.69, 9.17) is 9.72 Å². The summed E-state index contributed by atoms with van der Waals surface area (Å²) in [5.74, 6) is -3.73. The molecule has 51 heavy (non-hydrogen) atoms. The summed E-state index contributed by atoms with van der Waals surface area (Å²) in [5.41, 5.74) is 4.17. The second-order valence-electron chi connectivity index (χ2n) is 13.6. The molecule has 1 aliphatic carbocycles. The first-order valence-corrected chi connectivity index (χ1v) is 20.1. The minimum atomic E-state index is -2.98. The molecule has 3 N–H and O–H groups in total. The van der Waals surface area contributed by atoms with Crippen molar-refractivity contribution in [2.75, 3.05) is 87.6 Å². The van der Waals surface area contributed by atoms with E-state index in [1.54, 1.807) is 31.8 Å². The number of benzene rings is 2. The van der Waals surface area contributed by atoms with Crippen molar-refractivity contribution in [3.05, 3.63) is 47.3 Å². The van der Waals surface area contributed by atoms with Gasteiger partial charge in [0.1, 0.15) is 17.5 Å². The van der Waals surface area contributed by atoms with E-state index in [9.17, 15) is 13.6 Å². The number of hydrogen-bond donors (Lipinski definition) is 3. The van der Waals surface area contributed by atoms with Crippen LogP contribution >= 0.6 is 23.9 Å². The zero-order valence-corrected chi connectivity index (χ0v) is 31.6. The van der Waals surface area contributed by atoms with E-state index in [1.165, 1.54) is 0 Å². The molecular weight excluding hydrogens is 741 g/mol. The predicted octanol–water partition coefficient (Wildman–Crippen LogP) is 5.85. The van der Waals surface area contributed by atoms with Gasteiger partial charge in [0.15, 0.2) is 0 Å². The average molecular weight is 784 g/mol. The number of piperazine rings is 1. The first-order valence-electron chi connectivity index (χ1n) is 17.1. The summed E-state index contributed by atoms with van der Waals surface area (Å²) in [5, 5.41) is 10.6. The number of carbonyl (C=O) groups excluding carboxylic acids is 1. The molecule has 3 fully saturated rings. The monoisotopic (exact) mass is 782 g/mol. The number of piperidine rings is 1. The summed E-state index contributed by atoms with van der Waals surface area (Å²) in [6.07, 6.45) is 6.50. The molecule has 2 aromatic heterocycles. The van der Waals surface area contributed by atoms with E-state index in [-0.39, 0.29) is 5.95 Å². The van der Waals surface area contributed by atoms with Gasteiger partial charge in [-0.1, -0.05) is 7.92 Å². The van der Waals surface area contributed by atoms with Gasteiger partial charge < -0.3 is 30.5 Å². The van der Waals surface area contributed by atoms with Crippen molar-refractivity contribution in [3.8, 4) is 5.75 Å². The largest absolute Gasteiger partial charge is 0.494 e. The molecule has 1 unspecified atom stereocenters. The van der Waals surface area contributed by atoms with E-state index in [0.29, 0.717) is 33.5 Å². The first kappa shape index (κ1) is 35.6. The minimum Gasteiger partial charge on any atom is -0.494 e. The number of likely N-dealkylation sites (N-methyl/N-ethyl adjacent to an activating group) is 1. The van der Waals surface area contributed by atoms with Crippen LogP contribution in [-0.4, -0.2) is 114 Å². The van der Waals surface area contributed by atoms with Crippen LogP contribution in [0.1, 0.15) is 19.3 Å². The maximum absolute atomic E-state index is 14.0. The lowest BCUT2D eigenvalue weighted by molar-refractivity contribution is -0.119. The molecule has 270 valence electrons. The van der Waals surface area contributed by atoms with E-state index < -0.39 is 32.1 Å². The van der Waals surface area contributed by atoms with Gasteiger partial charge in [0.25, 0.3) is 5.92 Å². The molecule has 1 atom stereocenters. The number of nitrogens with one attached hydrogen (secondary N) is 3. The van der Waals surface area contributed by atoms with Gasteiger partial charge in [-0.3, -0.25) is 19.7 Å². The van der Waals surface area contributed by atoms with Crippen LogP contribution in [0.15, 0.2) is 47.3 Å². The number of halogens is 3. The van der Waals surface area contributed by atoms with Gasteiger partial charge in [-0.25, -0.2) is 13.8 Å². The SMILES string of the molecule is COc1cc(N2CCC(N3CCN(C)CC3)CC2)c(NC(=O)C2CC2(F)F)cc1Nc1ncc(Br)c(Nc2ccc3nccnc3c2P(C)C)n1. The molecule has 3 aliphatic rings. The maximum atomic E-state index is 14.0. The van der Waals surface area contributed by atoms with E-state index >= 15 is 0 Å². The third-order valence-corrected chi connectivity index (χ3v) is 11.8. The van der Waals surface area contributed by atoms with Crippen molar-refractivity contribution in [1.82, 2.24) is 29.7 Å². The fourth-order valence-corrected chi connectivity index (χ4v) is 8.41. The Kier molecular flexibility index (Phi) is 10.3. The zero-order chi connectivity index (χ0) is 35.9. The number of aromatic nitrogens is 4. The molecule has 4 heterocycles.